The lowest BCUT2D eigenvalue weighted by atomic mass is 9.78. The minimum absolute atomic E-state index is 0.0512. The number of aromatic amines is 4. The Kier molecular flexibility index (Phi) is 16.3. The van der Waals surface area contributed by atoms with Crippen LogP contribution in [0.1, 0.15) is 67.1 Å². The summed E-state index contributed by atoms with van der Waals surface area (Å²) in [4.78, 5) is 94.5. The molecule has 0 spiro atoms. The van der Waals surface area contributed by atoms with Crippen LogP contribution in [0.5, 0.6) is 0 Å². The molecule has 6 heterocycles. The van der Waals surface area contributed by atoms with E-state index in [1.165, 1.54) is 0 Å². The monoisotopic (exact) mass is 1220 g/mol. The third kappa shape index (κ3) is 12.5. The van der Waals surface area contributed by atoms with Crippen LogP contribution in [0.2, 0.25) is 0 Å². The second-order valence-corrected chi connectivity index (χ2v) is 25.0. The maximum absolute atomic E-state index is 13.9. The molecule has 0 unspecified atom stereocenters. The molecule has 4 amide bonds. The number of H-pyrrole nitrogens is 4. The van der Waals surface area contributed by atoms with Gasteiger partial charge in [0.25, 0.3) is 23.6 Å². The van der Waals surface area contributed by atoms with E-state index in [2.05, 4.69) is 79.1 Å². The average molecular weight is 1220 g/mol. The van der Waals surface area contributed by atoms with Crippen molar-refractivity contribution in [1.82, 2.24) is 70.1 Å². The smallest absolute Gasteiger partial charge is 0.253 e. The van der Waals surface area contributed by atoms with Crippen LogP contribution in [0, 0.1) is 11.8 Å². The molecule has 0 atom stereocenters. The van der Waals surface area contributed by atoms with E-state index in [1.807, 2.05) is 169 Å². The van der Waals surface area contributed by atoms with Gasteiger partial charge in [0.15, 0.2) is 0 Å². The quantitative estimate of drug-likeness (QED) is 0.0506. The number of likely N-dealkylation sites (tertiary alicyclic amines) is 2. The van der Waals surface area contributed by atoms with Crippen molar-refractivity contribution in [3.8, 4) is 67.8 Å². The van der Waals surface area contributed by atoms with Crippen molar-refractivity contribution in [2.24, 2.45) is 11.8 Å². The van der Waals surface area contributed by atoms with Crippen LogP contribution in [-0.4, -0.2) is 164 Å². The second-order valence-electron chi connectivity index (χ2n) is 25.0. The molecule has 12 aromatic rings. The lowest BCUT2D eigenvalue weighted by Crippen LogP contribution is -2.44. The summed E-state index contributed by atoms with van der Waals surface area (Å²) in [5, 5.41) is 5.92. The van der Waals surface area contributed by atoms with Gasteiger partial charge in [-0.05, 0) is 185 Å². The number of carbonyl (C=O) groups is 4. The molecule has 0 radical (unpaired) electrons. The number of fused-ring (bicyclic) bond motifs is 4. The molecular weight excluding hydrogens is 1150 g/mol. The normalized spacial score (nSPS) is 14.2. The number of nitrogens with one attached hydrogen (secondary N) is 6. The van der Waals surface area contributed by atoms with Crippen LogP contribution in [-0.2, 0) is 0 Å². The number of hydrogen-bond donors (Lipinski definition) is 6. The van der Waals surface area contributed by atoms with Crippen molar-refractivity contribution in [2.75, 3.05) is 80.5 Å². The van der Waals surface area contributed by atoms with Crippen LogP contribution in [0.3, 0.4) is 0 Å². The molecule has 4 aromatic heterocycles. The van der Waals surface area contributed by atoms with Gasteiger partial charge in [0, 0.05) is 96.9 Å². The van der Waals surface area contributed by atoms with Gasteiger partial charge >= 0.3 is 0 Å². The molecule has 0 saturated carbocycles. The van der Waals surface area contributed by atoms with Crippen molar-refractivity contribution in [3.63, 3.8) is 0 Å². The molecule has 92 heavy (non-hydrogen) atoms. The zero-order valence-electron chi connectivity index (χ0n) is 52.0. The molecule has 2 fully saturated rings. The highest BCUT2D eigenvalue weighted by molar-refractivity contribution is 5.98. The van der Waals surface area contributed by atoms with Gasteiger partial charge in [-0.1, -0.05) is 72.8 Å². The molecule has 0 aliphatic carbocycles. The van der Waals surface area contributed by atoms with E-state index in [0.717, 1.165) is 177 Å². The average Bonchev–Trinajstić information content (AvgIpc) is 1.98. The highest BCUT2D eigenvalue weighted by Crippen LogP contribution is 2.36. The van der Waals surface area contributed by atoms with E-state index < -0.39 is 0 Å². The summed E-state index contributed by atoms with van der Waals surface area (Å²) in [6.45, 7) is 5.60. The van der Waals surface area contributed by atoms with Crippen LogP contribution in [0.4, 0.5) is 0 Å². The van der Waals surface area contributed by atoms with E-state index >= 15 is 0 Å². The number of imidazole rings is 4. The molecule has 8 aromatic carbocycles. The Hall–Kier alpha value is -10.6. The van der Waals surface area contributed by atoms with E-state index in [1.54, 1.807) is 0 Å². The number of nitrogens with zero attached hydrogens (tertiary/aromatic N) is 8. The minimum atomic E-state index is -0.0955. The summed E-state index contributed by atoms with van der Waals surface area (Å²) in [6.07, 6.45) is 3.83. The molecule has 0 bridgehead atoms. The van der Waals surface area contributed by atoms with Crippen LogP contribution in [0.25, 0.3) is 112 Å². The van der Waals surface area contributed by atoms with Gasteiger partial charge in [-0.3, -0.25) is 19.2 Å². The largest absolute Gasteiger partial charge is 0.351 e. The summed E-state index contributed by atoms with van der Waals surface area (Å²) >= 11 is 0. The SMILES string of the molecule is CN(C)CCNC(=O)c1ccc(-c2nc3ccc(-c4ccc5nc(-c6ccc(C(=O)N7CCC(C8CCN(C(=O)c9ccc(-c%10nc%11ccc(-c%12ccc%13nc(-c%14ccc(C(=O)NCCN(C)C)cc%14)[nH]c%13c%12)cc%11[nH]%10)cc9)CC8)CC7)cc6)[nH]c5c4)cc3[nH]2)cc1. The molecule has 14 rings (SSSR count). The summed E-state index contributed by atoms with van der Waals surface area (Å²) in [6, 6.07) is 55.3. The third-order valence-electron chi connectivity index (χ3n) is 18.3. The predicted molar refractivity (Wildman–Crippen MR) is 363 cm³/mol. The van der Waals surface area contributed by atoms with E-state index in [4.69, 9.17) is 19.9 Å². The molecule has 18 nitrogen and oxygen atoms in total. The Balaban J connectivity index is 0.541. The first-order valence-electron chi connectivity index (χ1n) is 31.6. The Bertz CT molecular complexity index is 4400. The summed E-state index contributed by atoms with van der Waals surface area (Å²) in [5.41, 5.74) is 17.4. The first-order valence-corrected chi connectivity index (χ1v) is 31.6. The molecular formula is C74H72N14O4. The number of aromatic nitrogens is 8. The van der Waals surface area contributed by atoms with Crippen LogP contribution in [0.15, 0.2) is 170 Å². The number of benzene rings is 8. The minimum Gasteiger partial charge on any atom is -0.351 e. The molecule has 6 N–H and O–H groups in total. The number of hydrogen-bond acceptors (Lipinski definition) is 10. The molecule has 2 saturated heterocycles. The Morgan fingerprint density at radius 3 is 0.880 bits per heavy atom. The zero-order valence-corrected chi connectivity index (χ0v) is 52.0. The number of likely N-dealkylation sites (N-methyl/N-ethyl adjacent to an activating group) is 2. The molecule has 2 aliphatic rings. The van der Waals surface area contributed by atoms with Gasteiger partial charge in [-0.2, -0.15) is 0 Å². The first kappa shape index (κ1) is 59.1. The molecule has 2 aliphatic heterocycles. The Labute approximate surface area is 532 Å². The van der Waals surface area contributed by atoms with Gasteiger partial charge < -0.3 is 50.2 Å². The Morgan fingerprint density at radius 1 is 0.370 bits per heavy atom. The van der Waals surface area contributed by atoms with Gasteiger partial charge in [-0.25, -0.2) is 19.9 Å². The van der Waals surface area contributed by atoms with Crippen molar-refractivity contribution in [1.29, 1.82) is 0 Å². The molecule has 462 valence electrons. The Morgan fingerprint density at radius 2 is 0.620 bits per heavy atom. The predicted octanol–water partition coefficient (Wildman–Crippen LogP) is 12.2. The number of piperidine rings is 2. The topological polar surface area (TPSA) is 220 Å². The number of amides is 4. The van der Waals surface area contributed by atoms with Gasteiger partial charge in [0.05, 0.1) is 44.1 Å². The summed E-state index contributed by atoms with van der Waals surface area (Å²) < 4.78 is 0. The van der Waals surface area contributed by atoms with Crippen molar-refractivity contribution < 1.29 is 19.2 Å². The van der Waals surface area contributed by atoms with Crippen molar-refractivity contribution in [3.05, 3.63) is 192 Å². The maximum atomic E-state index is 13.9. The van der Waals surface area contributed by atoms with E-state index in [9.17, 15) is 19.2 Å². The van der Waals surface area contributed by atoms with Gasteiger partial charge in [0.1, 0.15) is 23.3 Å². The van der Waals surface area contributed by atoms with Crippen molar-refractivity contribution in [2.45, 2.75) is 25.7 Å². The van der Waals surface area contributed by atoms with Crippen LogP contribution >= 0.6 is 0 Å². The number of carbonyl (C=O) groups excluding carboxylic acids is 4. The fourth-order valence-electron chi connectivity index (χ4n) is 12.9. The fraction of sp³-hybridized carbons (Fsp3) is 0.243. The zero-order chi connectivity index (χ0) is 63.0. The summed E-state index contributed by atoms with van der Waals surface area (Å²) in [7, 11) is 7.91. The van der Waals surface area contributed by atoms with Gasteiger partial charge in [-0.15, -0.1) is 0 Å². The first-order chi connectivity index (χ1) is 44.8. The highest BCUT2D eigenvalue weighted by Gasteiger charge is 2.33. The lowest BCUT2D eigenvalue weighted by molar-refractivity contribution is 0.0537. The van der Waals surface area contributed by atoms with Crippen LogP contribution < -0.4 is 10.6 Å². The lowest BCUT2D eigenvalue weighted by Gasteiger charge is -2.40. The maximum Gasteiger partial charge on any atom is 0.253 e. The fourth-order valence-corrected chi connectivity index (χ4v) is 12.9. The third-order valence-corrected chi connectivity index (χ3v) is 18.3. The standard InChI is InChI=1S/C74H72N14O4/c1-85(2)39-33-75-71(89)51-13-5-47(6-14-51)67-77-59-25-21-55(41-63(59)81-67)57-23-27-61-65(43-57)83-69(79-61)49-9-17-53(18-10-49)73(91)87-35-29-45(30-36-87)46-31-37-88(38-32-46)74(92)54-19-11-50(12-20-54)70-80-62-28-24-58(44-66(62)84-70)56-22-26-60-64(42-56)82-68(78-60)48-7-15-52(16-8-48)72(90)76-34-40-86(3)4/h5-28,41-46H,29-40H2,1-4H3,(H,75,89)(H,76,90)(H,77,81)(H,78,82)(H,79,83)(H,80,84). The highest BCUT2D eigenvalue weighted by atomic mass is 16.2. The van der Waals surface area contributed by atoms with E-state index in [0.29, 0.717) is 47.2 Å². The van der Waals surface area contributed by atoms with Gasteiger partial charge in [0.2, 0.25) is 0 Å². The van der Waals surface area contributed by atoms with Crippen molar-refractivity contribution >= 4 is 67.8 Å². The molecule has 18 heteroatoms. The summed E-state index contributed by atoms with van der Waals surface area (Å²) in [5.74, 6) is 3.90. The second kappa shape index (κ2) is 25.4. The number of rotatable bonds is 17. The van der Waals surface area contributed by atoms with E-state index in [-0.39, 0.29) is 23.6 Å².